The molecule has 0 aromatic heterocycles. The molecule has 0 unspecified atom stereocenters. The summed E-state index contributed by atoms with van der Waals surface area (Å²) in [4.78, 5) is 23.7. The molecule has 0 aliphatic rings. The van der Waals surface area contributed by atoms with Crippen LogP contribution in [0.3, 0.4) is 0 Å². The summed E-state index contributed by atoms with van der Waals surface area (Å²) < 4.78 is 70.6. The van der Waals surface area contributed by atoms with Crippen molar-refractivity contribution in [2.45, 2.75) is 16.0 Å². The van der Waals surface area contributed by atoms with Gasteiger partial charge in [0.15, 0.2) is 0 Å². The number of sulfone groups is 1. The maximum absolute atomic E-state index is 13.0. The van der Waals surface area contributed by atoms with E-state index in [0.717, 1.165) is 12.1 Å². The number of rotatable bonds is 6. The maximum Gasteiger partial charge on any atom is 0.416 e. The summed E-state index contributed by atoms with van der Waals surface area (Å²) in [5.74, 6) is -0.388. The van der Waals surface area contributed by atoms with Crippen molar-refractivity contribution in [3.05, 3.63) is 110 Å². The molecule has 218 valence electrons. The van der Waals surface area contributed by atoms with Gasteiger partial charge in [-0.3, -0.25) is 10.1 Å². The predicted molar refractivity (Wildman–Crippen MR) is 153 cm³/mol. The number of amides is 3. The molecular weight excluding hydrogens is 663 g/mol. The molecule has 2 N–H and O–H groups in total. The zero-order chi connectivity index (χ0) is 30.8. The molecule has 0 saturated carbocycles. The molecule has 3 amide bonds. The summed E-state index contributed by atoms with van der Waals surface area (Å²) >= 11 is 24.0. The first kappa shape index (κ1) is 31.5. The van der Waals surface area contributed by atoms with Gasteiger partial charge in [0.1, 0.15) is 11.5 Å². The Balaban J connectivity index is 1.43. The van der Waals surface area contributed by atoms with Crippen molar-refractivity contribution in [1.29, 1.82) is 0 Å². The van der Waals surface area contributed by atoms with Gasteiger partial charge >= 0.3 is 12.2 Å². The fraction of sp³-hybridized carbons (Fsp3) is 0.0370. The largest absolute Gasteiger partial charge is 0.457 e. The number of halogens is 7. The van der Waals surface area contributed by atoms with Crippen LogP contribution >= 0.6 is 46.4 Å². The van der Waals surface area contributed by atoms with Crippen molar-refractivity contribution >= 4 is 73.9 Å². The number of urea groups is 1. The Bertz CT molecular complexity index is 1780. The van der Waals surface area contributed by atoms with Gasteiger partial charge in [0, 0.05) is 11.8 Å². The van der Waals surface area contributed by atoms with Crippen molar-refractivity contribution in [2.75, 3.05) is 5.32 Å². The lowest BCUT2D eigenvalue weighted by Crippen LogP contribution is -2.34. The minimum Gasteiger partial charge on any atom is -0.457 e. The molecule has 4 aromatic carbocycles. The zero-order valence-electron chi connectivity index (χ0n) is 20.6. The Kier molecular flexibility index (Phi) is 9.29. The van der Waals surface area contributed by atoms with E-state index in [0.29, 0.717) is 17.8 Å². The van der Waals surface area contributed by atoms with Crippen molar-refractivity contribution in [2.24, 2.45) is 0 Å². The lowest BCUT2D eigenvalue weighted by molar-refractivity contribution is -0.137. The van der Waals surface area contributed by atoms with Crippen molar-refractivity contribution in [3.8, 4) is 11.5 Å². The van der Waals surface area contributed by atoms with Gasteiger partial charge in [0.2, 0.25) is 9.84 Å². The van der Waals surface area contributed by atoms with Crippen molar-refractivity contribution in [3.63, 3.8) is 0 Å². The molecule has 4 rings (SSSR count). The van der Waals surface area contributed by atoms with E-state index >= 15 is 0 Å². The third-order valence-electron chi connectivity index (χ3n) is 5.51. The fourth-order valence-electron chi connectivity index (χ4n) is 3.56. The van der Waals surface area contributed by atoms with Crippen LogP contribution in [0.15, 0.2) is 88.7 Å². The monoisotopic (exact) mass is 676 g/mol. The number of nitrogens with one attached hydrogen (secondary N) is 2. The molecule has 42 heavy (non-hydrogen) atoms. The van der Waals surface area contributed by atoms with Gasteiger partial charge in [-0.1, -0.05) is 52.5 Å². The van der Waals surface area contributed by atoms with E-state index in [4.69, 9.17) is 51.1 Å². The first-order valence-corrected chi connectivity index (χ1v) is 14.4. The van der Waals surface area contributed by atoms with Gasteiger partial charge in [-0.25, -0.2) is 13.2 Å². The molecule has 4 aromatic rings. The van der Waals surface area contributed by atoms with Gasteiger partial charge in [-0.15, -0.1) is 0 Å². The molecule has 15 heteroatoms. The SMILES string of the molecule is O=C(NC(=O)c1c(Cl)cccc1Cl)Nc1ccc(Oc2ccc(S(=O)(=O)c3ccc(C(F)(F)F)cc3Cl)c(Cl)c2)cc1. The first-order chi connectivity index (χ1) is 19.7. The second-order valence-corrected chi connectivity index (χ2v) is 11.9. The highest BCUT2D eigenvalue weighted by atomic mass is 35.5. The summed E-state index contributed by atoms with van der Waals surface area (Å²) in [6, 6.07) is 15.0. The summed E-state index contributed by atoms with van der Waals surface area (Å²) in [6.45, 7) is 0. The van der Waals surface area contributed by atoms with Gasteiger partial charge in [0.25, 0.3) is 5.91 Å². The molecule has 0 atom stereocenters. The molecule has 0 saturated heterocycles. The minimum atomic E-state index is -4.70. The molecular formula is C27H15Cl4F3N2O5S. The predicted octanol–water partition coefficient (Wildman–Crippen LogP) is 8.91. The van der Waals surface area contributed by atoms with Crippen LogP contribution < -0.4 is 15.4 Å². The number of anilines is 1. The van der Waals surface area contributed by atoms with E-state index in [1.165, 1.54) is 48.5 Å². The molecule has 0 bridgehead atoms. The van der Waals surface area contributed by atoms with E-state index in [9.17, 15) is 31.2 Å². The maximum atomic E-state index is 13.0. The molecule has 7 nitrogen and oxygen atoms in total. The standard InChI is InChI=1S/C27H15Cl4F3N2O5S/c28-18-2-1-3-19(29)24(18)25(37)36-26(38)35-15-5-7-16(8-6-15)41-17-9-11-23(21(31)13-17)42(39,40)22-10-4-14(12-20(22)30)27(32,33)34/h1-13H,(H2,35,36,37,38). The fourth-order valence-corrected chi connectivity index (χ4v) is 6.45. The van der Waals surface area contributed by atoms with Gasteiger partial charge < -0.3 is 10.1 Å². The molecule has 0 aliphatic heterocycles. The minimum absolute atomic E-state index is 0.0559. The summed E-state index contributed by atoms with van der Waals surface area (Å²) in [5.41, 5.74) is -0.857. The van der Waals surface area contributed by atoms with Gasteiger partial charge in [-0.05, 0) is 66.7 Å². The van der Waals surface area contributed by atoms with E-state index in [-0.39, 0.29) is 32.1 Å². The third kappa shape index (κ3) is 7.11. The second kappa shape index (κ2) is 12.4. The Hall–Kier alpha value is -3.48. The number of imide groups is 1. The molecule has 0 radical (unpaired) electrons. The van der Waals surface area contributed by atoms with E-state index in [1.807, 2.05) is 0 Å². The molecule has 0 aliphatic carbocycles. The van der Waals surface area contributed by atoms with Crippen LogP contribution in [0.25, 0.3) is 0 Å². The number of hydrogen-bond acceptors (Lipinski definition) is 5. The van der Waals surface area contributed by atoms with Crippen molar-refractivity contribution in [1.82, 2.24) is 5.32 Å². The molecule has 0 fully saturated rings. The average Bonchev–Trinajstić information content (AvgIpc) is 2.89. The third-order valence-corrected chi connectivity index (χ3v) is 8.86. The molecule has 0 spiro atoms. The Morgan fingerprint density at radius 3 is 1.81 bits per heavy atom. The van der Waals surface area contributed by atoms with Crippen LogP contribution in [0.5, 0.6) is 11.5 Å². The van der Waals surface area contributed by atoms with Crippen LogP contribution in [0.2, 0.25) is 20.1 Å². The zero-order valence-corrected chi connectivity index (χ0v) is 24.4. The van der Waals surface area contributed by atoms with Crippen LogP contribution in [0, 0.1) is 0 Å². The van der Waals surface area contributed by atoms with Crippen LogP contribution in [0.4, 0.5) is 23.7 Å². The van der Waals surface area contributed by atoms with E-state index in [1.54, 1.807) is 6.07 Å². The second-order valence-electron chi connectivity index (χ2n) is 8.37. The first-order valence-electron chi connectivity index (χ1n) is 11.4. The van der Waals surface area contributed by atoms with Crippen molar-refractivity contribution < 1.29 is 35.9 Å². The van der Waals surface area contributed by atoms with Gasteiger partial charge in [-0.2, -0.15) is 13.2 Å². The number of carbonyl (C=O) groups excluding carboxylic acids is 2. The highest BCUT2D eigenvalue weighted by Crippen LogP contribution is 2.38. The Morgan fingerprint density at radius 2 is 1.26 bits per heavy atom. The van der Waals surface area contributed by atoms with Crippen LogP contribution in [-0.2, 0) is 16.0 Å². The highest BCUT2D eigenvalue weighted by Gasteiger charge is 2.33. The Morgan fingerprint density at radius 1 is 0.714 bits per heavy atom. The van der Waals surface area contributed by atoms with Gasteiger partial charge in [0.05, 0.1) is 41.0 Å². The van der Waals surface area contributed by atoms with Crippen LogP contribution in [0.1, 0.15) is 15.9 Å². The quantitative estimate of drug-likeness (QED) is 0.212. The summed E-state index contributed by atoms with van der Waals surface area (Å²) in [5, 5.41) is 3.85. The number of ether oxygens (including phenoxy) is 1. The lowest BCUT2D eigenvalue weighted by atomic mass is 10.2. The number of hydrogen-bond donors (Lipinski definition) is 2. The average molecular weight is 678 g/mol. The number of carbonyl (C=O) groups is 2. The topological polar surface area (TPSA) is 102 Å². The lowest BCUT2D eigenvalue weighted by Gasteiger charge is -2.13. The van der Waals surface area contributed by atoms with E-state index in [2.05, 4.69) is 10.6 Å². The van der Waals surface area contributed by atoms with E-state index < -0.39 is 48.3 Å². The normalized spacial score (nSPS) is 11.6. The van der Waals surface area contributed by atoms with Crippen LogP contribution in [-0.4, -0.2) is 20.4 Å². The molecule has 0 heterocycles. The smallest absolute Gasteiger partial charge is 0.416 e. The highest BCUT2D eigenvalue weighted by molar-refractivity contribution is 7.91. The Labute approximate surface area is 257 Å². The summed E-state index contributed by atoms with van der Waals surface area (Å²) in [6.07, 6.45) is -4.70. The number of benzene rings is 4. The summed E-state index contributed by atoms with van der Waals surface area (Å²) in [7, 11) is -4.37. The number of alkyl halides is 3.